The van der Waals surface area contributed by atoms with Crippen LogP contribution in [0.25, 0.3) is 0 Å². The van der Waals surface area contributed by atoms with Crippen LogP contribution in [0.15, 0.2) is 6.07 Å². The van der Waals surface area contributed by atoms with E-state index >= 15 is 0 Å². The molecule has 74 valence electrons. The van der Waals surface area contributed by atoms with Gasteiger partial charge in [0.2, 0.25) is 0 Å². The number of ether oxygens (including phenoxy) is 1. The van der Waals surface area contributed by atoms with E-state index in [0.29, 0.717) is 11.1 Å². The van der Waals surface area contributed by atoms with Crippen LogP contribution in [0.5, 0.6) is 17.2 Å². The zero-order valence-corrected chi connectivity index (χ0v) is 7.87. The molecule has 1 aliphatic rings. The van der Waals surface area contributed by atoms with Crippen LogP contribution in [0.2, 0.25) is 0 Å². The van der Waals surface area contributed by atoms with Crippen molar-refractivity contribution in [3.8, 4) is 17.2 Å². The fourth-order valence-electron chi connectivity index (χ4n) is 1.57. The Labute approximate surface area is 80.7 Å². The van der Waals surface area contributed by atoms with Gasteiger partial charge in [0.25, 0.3) is 0 Å². The van der Waals surface area contributed by atoms with E-state index in [4.69, 9.17) is 4.74 Å². The molecule has 2 rings (SSSR count). The van der Waals surface area contributed by atoms with Gasteiger partial charge in [-0.05, 0) is 13.8 Å². The minimum atomic E-state index is -0.468. The summed E-state index contributed by atoms with van der Waals surface area (Å²) < 4.78 is 4.88. The molecule has 1 heterocycles. The molecule has 0 bridgehead atoms. The molecule has 4 heteroatoms. The molecule has 2 N–H and O–H groups in total. The largest absolute Gasteiger partial charge is 0.507 e. The number of carbonyl (C=O) groups excluding carboxylic acids is 1. The molecular formula is C10H10O4. The van der Waals surface area contributed by atoms with E-state index in [1.54, 1.807) is 13.8 Å². The highest BCUT2D eigenvalue weighted by Crippen LogP contribution is 2.45. The normalized spacial score (nSPS) is 19.3. The van der Waals surface area contributed by atoms with Gasteiger partial charge >= 0.3 is 5.97 Å². The van der Waals surface area contributed by atoms with Gasteiger partial charge in [-0.3, -0.25) is 4.79 Å². The van der Waals surface area contributed by atoms with Crippen LogP contribution in [0.1, 0.15) is 24.0 Å². The highest BCUT2D eigenvalue weighted by Gasteiger charge is 2.33. The van der Waals surface area contributed by atoms with Crippen molar-refractivity contribution >= 4 is 5.97 Å². The molecule has 0 fully saturated rings. The average molecular weight is 194 g/mol. The summed E-state index contributed by atoms with van der Waals surface area (Å²) >= 11 is 0. The number of hydrogen-bond donors (Lipinski definition) is 2. The van der Waals surface area contributed by atoms with Gasteiger partial charge in [0.15, 0.2) is 0 Å². The van der Waals surface area contributed by atoms with E-state index in [1.165, 1.54) is 6.07 Å². The Bertz CT molecular complexity index is 423. The van der Waals surface area contributed by atoms with Gasteiger partial charge in [-0.15, -0.1) is 0 Å². The highest BCUT2D eigenvalue weighted by atomic mass is 16.5. The van der Waals surface area contributed by atoms with E-state index in [1.807, 2.05) is 0 Å². The Morgan fingerprint density at radius 3 is 2.71 bits per heavy atom. The third kappa shape index (κ3) is 0.968. The first-order chi connectivity index (χ1) is 6.52. The Hall–Kier alpha value is -1.71. The Balaban J connectivity index is 2.70. The lowest BCUT2D eigenvalue weighted by atomic mass is 9.99. The monoisotopic (exact) mass is 194 g/mol. The fraction of sp³-hybridized carbons (Fsp3) is 0.300. The average Bonchev–Trinajstić information content (AvgIpc) is 2.39. The van der Waals surface area contributed by atoms with E-state index in [2.05, 4.69) is 0 Å². The van der Waals surface area contributed by atoms with Gasteiger partial charge in [0.1, 0.15) is 17.2 Å². The second-order valence-corrected chi connectivity index (χ2v) is 3.42. The SMILES string of the molecule is Cc1c(O)cc2c(c1O)C(C)C(=O)O2. The first-order valence-corrected chi connectivity index (χ1v) is 4.29. The molecule has 0 amide bonds. The van der Waals surface area contributed by atoms with Crippen LogP contribution >= 0.6 is 0 Å². The standard InChI is InChI=1S/C10H10O4/c1-4-6(11)3-7-8(9(4)12)5(2)10(13)14-7/h3,5,11-12H,1-2H3. The van der Waals surface area contributed by atoms with E-state index in [0.717, 1.165) is 0 Å². The number of carbonyl (C=O) groups is 1. The Kier molecular flexibility index (Phi) is 1.67. The fourth-order valence-corrected chi connectivity index (χ4v) is 1.57. The number of fused-ring (bicyclic) bond motifs is 1. The molecule has 0 saturated heterocycles. The van der Waals surface area contributed by atoms with Crippen LogP contribution < -0.4 is 4.74 Å². The van der Waals surface area contributed by atoms with Crippen LogP contribution in [0.4, 0.5) is 0 Å². The molecule has 0 saturated carbocycles. The maximum Gasteiger partial charge on any atom is 0.318 e. The zero-order chi connectivity index (χ0) is 10.5. The molecule has 0 radical (unpaired) electrons. The highest BCUT2D eigenvalue weighted by molar-refractivity contribution is 5.87. The maximum absolute atomic E-state index is 11.2. The van der Waals surface area contributed by atoms with Crippen LogP contribution in [-0.4, -0.2) is 16.2 Å². The summed E-state index contributed by atoms with van der Waals surface area (Å²) in [5.41, 5.74) is 0.833. The molecule has 1 aromatic rings. The number of esters is 1. The van der Waals surface area contributed by atoms with Gasteiger partial charge < -0.3 is 14.9 Å². The summed E-state index contributed by atoms with van der Waals surface area (Å²) in [4.78, 5) is 11.2. The van der Waals surface area contributed by atoms with Gasteiger partial charge in [0.05, 0.1) is 11.5 Å². The second-order valence-electron chi connectivity index (χ2n) is 3.42. The molecule has 4 nitrogen and oxygen atoms in total. The minimum absolute atomic E-state index is 0.0571. The molecule has 0 aromatic heterocycles. The molecule has 0 aliphatic carbocycles. The van der Waals surface area contributed by atoms with Gasteiger partial charge in [0, 0.05) is 11.6 Å². The molecule has 1 aliphatic heterocycles. The molecular weight excluding hydrogens is 184 g/mol. The van der Waals surface area contributed by atoms with Gasteiger partial charge in [-0.1, -0.05) is 0 Å². The lowest BCUT2D eigenvalue weighted by molar-refractivity contribution is -0.133. The van der Waals surface area contributed by atoms with Gasteiger partial charge in [-0.2, -0.15) is 0 Å². The van der Waals surface area contributed by atoms with Crippen LogP contribution in [0, 0.1) is 6.92 Å². The lowest BCUT2D eigenvalue weighted by Gasteiger charge is -2.07. The minimum Gasteiger partial charge on any atom is -0.507 e. The third-order valence-corrected chi connectivity index (χ3v) is 2.52. The Morgan fingerprint density at radius 1 is 1.43 bits per heavy atom. The quantitative estimate of drug-likeness (QED) is 0.484. The van der Waals surface area contributed by atoms with Crippen molar-refractivity contribution in [3.63, 3.8) is 0 Å². The van der Waals surface area contributed by atoms with E-state index < -0.39 is 11.9 Å². The zero-order valence-electron chi connectivity index (χ0n) is 7.87. The number of phenols is 2. The number of phenolic OH excluding ortho intramolecular Hbond substituents is 2. The number of aromatic hydroxyl groups is 2. The summed E-state index contributed by atoms with van der Waals surface area (Å²) in [5, 5.41) is 19.1. The maximum atomic E-state index is 11.2. The first kappa shape index (κ1) is 8.87. The van der Waals surface area contributed by atoms with Crippen molar-refractivity contribution in [2.45, 2.75) is 19.8 Å². The molecule has 14 heavy (non-hydrogen) atoms. The van der Waals surface area contributed by atoms with E-state index in [-0.39, 0.29) is 17.2 Å². The number of rotatable bonds is 0. The molecule has 1 atom stereocenters. The molecule has 1 unspecified atom stereocenters. The lowest BCUT2D eigenvalue weighted by Crippen LogP contribution is -2.05. The summed E-state index contributed by atoms with van der Waals surface area (Å²) in [6, 6.07) is 1.35. The third-order valence-electron chi connectivity index (χ3n) is 2.52. The van der Waals surface area contributed by atoms with Gasteiger partial charge in [-0.25, -0.2) is 0 Å². The summed E-state index contributed by atoms with van der Waals surface area (Å²) in [7, 11) is 0. The van der Waals surface area contributed by atoms with Crippen molar-refractivity contribution in [2.75, 3.05) is 0 Å². The Morgan fingerprint density at radius 2 is 2.07 bits per heavy atom. The predicted octanol–water partition coefficient (Wildman–Crippen LogP) is 1.43. The molecule has 0 spiro atoms. The second kappa shape index (κ2) is 2.64. The topological polar surface area (TPSA) is 66.8 Å². The smallest absolute Gasteiger partial charge is 0.318 e. The van der Waals surface area contributed by atoms with Crippen molar-refractivity contribution < 1.29 is 19.7 Å². The summed E-state index contributed by atoms with van der Waals surface area (Å²) in [6.45, 7) is 3.24. The van der Waals surface area contributed by atoms with Crippen molar-refractivity contribution in [2.24, 2.45) is 0 Å². The number of benzene rings is 1. The predicted molar refractivity (Wildman–Crippen MR) is 48.6 cm³/mol. The van der Waals surface area contributed by atoms with Crippen molar-refractivity contribution in [1.82, 2.24) is 0 Å². The number of hydrogen-bond acceptors (Lipinski definition) is 4. The van der Waals surface area contributed by atoms with Crippen molar-refractivity contribution in [3.05, 3.63) is 17.2 Å². The summed E-state index contributed by atoms with van der Waals surface area (Å²) in [6.07, 6.45) is 0. The van der Waals surface area contributed by atoms with Crippen LogP contribution in [-0.2, 0) is 4.79 Å². The van der Waals surface area contributed by atoms with Crippen LogP contribution in [0.3, 0.4) is 0 Å². The molecule has 1 aromatic carbocycles. The van der Waals surface area contributed by atoms with E-state index in [9.17, 15) is 15.0 Å². The van der Waals surface area contributed by atoms with Crippen molar-refractivity contribution in [1.29, 1.82) is 0 Å². The first-order valence-electron chi connectivity index (χ1n) is 4.29. The summed E-state index contributed by atoms with van der Waals surface area (Å²) in [5.74, 6) is -0.741.